The molecule has 0 saturated heterocycles. The number of nitrogens with one attached hydrogen (secondary N) is 1. The highest BCUT2D eigenvalue weighted by Crippen LogP contribution is 2.30. The Hall–Kier alpha value is -1.88. The van der Waals surface area contributed by atoms with Gasteiger partial charge in [-0.3, -0.25) is 0 Å². The SMILES string of the molecule is Nc1ccc(Cl)cc1NCc1cccc(C(F)(F)F)c1. The third-order valence-electron chi connectivity index (χ3n) is 2.75. The second-order valence-electron chi connectivity index (χ2n) is 4.28. The molecule has 2 aromatic carbocycles. The number of anilines is 2. The summed E-state index contributed by atoms with van der Waals surface area (Å²) in [5, 5.41) is 3.48. The summed E-state index contributed by atoms with van der Waals surface area (Å²) in [4.78, 5) is 0. The highest BCUT2D eigenvalue weighted by atomic mass is 35.5. The van der Waals surface area contributed by atoms with Gasteiger partial charge in [-0.05, 0) is 35.9 Å². The molecule has 0 aromatic heterocycles. The first-order valence-corrected chi connectivity index (χ1v) is 6.19. The van der Waals surface area contributed by atoms with Gasteiger partial charge >= 0.3 is 6.18 Å². The van der Waals surface area contributed by atoms with E-state index in [1.165, 1.54) is 6.07 Å². The molecule has 0 heterocycles. The van der Waals surface area contributed by atoms with E-state index in [1.54, 1.807) is 24.3 Å². The van der Waals surface area contributed by atoms with Crippen LogP contribution in [0, 0.1) is 0 Å². The number of hydrogen-bond donors (Lipinski definition) is 2. The minimum Gasteiger partial charge on any atom is -0.397 e. The summed E-state index contributed by atoms with van der Waals surface area (Å²) in [6.45, 7) is 0.231. The van der Waals surface area contributed by atoms with Gasteiger partial charge in [0.15, 0.2) is 0 Å². The molecule has 0 unspecified atom stereocenters. The second kappa shape index (κ2) is 5.63. The predicted octanol–water partition coefficient (Wildman–Crippen LogP) is 4.55. The molecule has 0 aliphatic carbocycles. The molecule has 0 atom stereocenters. The third-order valence-corrected chi connectivity index (χ3v) is 2.99. The summed E-state index contributed by atoms with van der Waals surface area (Å²) in [5.74, 6) is 0. The topological polar surface area (TPSA) is 38.0 Å². The lowest BCUT2D eigenvalue weighted by atomic mass is 10.1. The van der Waals surface area contributed by atoms with Crippen LogP contribution in [0.1, 0.15) is 11.1 Å². The van der Waals surface area contributed by atoms with Crippen molar-refractivity contribution in [3.63, 3.8) is 0 Å². The molecule has 0 saturated carbocycles. The molecule has 0 spiro atoms. The quantitative estimate of drug-likeness (QED) is 0.816. The van der Waals surface area contributed by atoms with E-state index in [2.05, 4.69) is 5.32 Å². The number of hydrogen-bond acceptors (Lipinski definition) is 2. The van der Waals surface area contributed by atoms with Gasteiger partial charge in [-0.25, -0.2) is 0 Å². The molecule has 2 aromatic rings. The van der Waals surface area contributed by atoms with Gasteiger partial charge in [0.1, 0.15) is 0 Å². The minimum atomic E-state index is -4.34. The van der Waals surface area contributed by atoms with Crippen LogP contribution in [-0.2, 0) is 12.7 Å². The standard InChI is InChI=1S/C14H12ClF3N2/c15-11-4-5-12(19)13(7-11)20-8-9-2-1-3-10(6-9)14(16,17)18/h1-7,20H,8,19H2. The Morgan fingerprint density at radius 3 is 2.55 bits per heavy atom. The Kier molecular flexibility index (Phi) is 4.09. The van der Waals surface area contributed by atoms with Crippen molar-refractivity contribution in [1.82, 2.24) is 0 Å². The minimum absolute atomic E-state index is 0.231. The Bertz CT molecular complexity index is 612. The molecular weight excluding hydrogens is 289 g/mol. The lowest BCUT2D eigenvalue weighted by Gasteiger charge is -2.12. The van der Waals surface area contributed by atoms with Gasteiger partial charge in [-0.15, -0.1) is 0 Å². The summed E-state index contributed by atoms with van der Waals surface area (Å²) >= 11 is 5.84. The molecule has 20 heavy (non-hydrogen) atoms. The van der Waals surface area contributed by atoms with Crippen molar-refractivity contribution < 1.29 is 13.2 Å². The normalized spacial score (nSPS) is 11.4. The van der Waals surface area contributed by atoms with E-state index >= 15 is 0 Å². The first-order valence-electron chi connectivity index (χ1n) is 5.81. The molecule has 0 amide bonds. The average Bonchev–Trinajstić information content (AvgIpc) is 2.39. The van der Waals surface area contributed by atoms with E-state index in [0.717, 1.165) is 12.1 Å². The molecular formula is C14H12ClF3N2. The van der Waals surface area contributed by atoms with Crippen molar-refractivity contribution in [2.24, 2.45) is 0 Å². The molecule has 3 N–H and O–H groups in total. The molecule has 2 rings (SSSR count). The van der Waals surface area contributed by atoms with Crippen LogP contribution in [0.25, 0.3) is 0 Å². The zero-order valence-corrected chi connectivity index (χ0v) is 11.1. The number of nitrogens with two attached hydrogens (primary N) is 1. The van der Waals surface area contributed by atoms with E-state index in [4.69, 9.17) is 17.3 Å². The van der Waals surface area contributed by atoms with Crippen molar-refractivity contribution >= 4 is 23.0 Å². The van der Waals surface area contributed by atoms with E-state index in [1.807, 2.05) is 0 Å². The number of alkyl halides is 3. The van der Waals surface area contributed by atoms with Crippen LogP contribution in [0.5, 0.6) is 0 Å². The molecule has 0 fully saturated rings. The Balaban J connectivity index is 2.13. The van der Waals surface area contributed by atoms with Crippen LogP contribution in [0.3, 0.4) is 0 Å². The van der Waals surface area contributed by atoms with Crippen LogP contribution in [-0.4, -0.2) is 0 Å². The maximum Gasteiger partial charge on any atom is 0.416 e. The summed E-state index contributed by atoms with van der Waals surface area (Å²) in [5.41, 5.74) is 6.67. The molecule has 0 radical (unpaired) electrons. The van der Waals surface area contributed by atoms with E-state index in [9.17, 15) is 13.2 Å². The summed E-state index contributed by atoms with van der Waals surface area (Å²) < 4.78 is 37.8. The van der Waals surface area contributed by atoms with Gasteiger partial charge in [0.05, 0.1) is 16.9 Å². The average molecular weight is 301 g/mol. The molecule has 2 nitrogen and oxygen atoms in total. The van der Waals surface area contributed by atoms with Crippen molar-refractivity contribution in [1.29, 1.82) is 0 Å². The first kappa shape index (κ1) is 14.5. The molecule has 6 heteroatoms. The van der Waals surface area contributed by atoms with Gasteiger partial charge in [-0.2, -0.15) is 13.2 Å². The third kappa shape index (κ3) is 3.57. The van der Waals surface area contributed by atoms with E-state index in [-0.39, 0.29) is 6.54 Å². The smallest absolute Gasteiger partial charge is 0.397 e. The zero-order valence-electron chi connectivity index (χ0n) is 10.3. The molecule has 0 aliphatic heterocycles. The van der Waals surface area contributed by atoms with Crippen LogP contribution in [0.15, 0.2) is 42.5 Å². The summed E-state index contributed by atoms with van der Waals surface area (Å²) in [6.07, 6.45) is -4.34. The highest BCUT2D eigenvalue weighted by molar-refractivity contribution is 6.31. The molecule has 0 bridgehead atoms. The van der Waals surface area contributed by atoms with Crippen LogP contribution >= 0.6 is 11.6 Å². The van der Waals surface area contributed by atoms with E-state index in [0.29, 0.717) is 22.0 Å². The van der Waals surface area contributed by atoms with Crippen molar-refractivity contribution in [2.75, 3.05) is 11.1 Å². The van der Waals surface area contributed by atoms with Gasteiger partial charge in [0, 0.05) is 11.6 Å². The largest absolute Gasteiger partial charge is 0.416 e. The number of rotatable bonds is 3. The fourth-order valence-corrected chi connectivity index (χ4v) is 1.91. The lowest BCUT2D eigenvalue weighted by Crippen LogP contribution is -2.07. The van der Waals surface area contributed by atoms with Crippen molar-refractivity contribution in [3.8, 4) is 0 Å². The van der Waals surface area contributed by atoms with E-state index < -0.39 is 11.7 Å². The van der Waals surface area contributed by atoms with Crippen LogP contribution < -0.4 is 11.1 Å². The lowest BCUT2D eigenvalue weighted by molar-refractivity contribution is -0.137. The Morgan fingerprint density at radius 2 is 1.85 bits per heavy atom. The summed E-state index contributed by atoms with van der Waals surface area (Å²) in [7, 11) is 0. The fourth-order valence-electron chi connectivity index (χ4n) is 1.74. The van der Waals surface area contributed by atoms with Gasteiger partial charge in [-0.1, -0.05) is 23.7 Å². The number of nitrogen functional groups attached to an aromatic ring is 1. The molecule has 0 aliphatic rings. The maximum absolute atomic E-state index is 12.6. The Labute approximate surface area is 119 Å². The van der Waals surface area contributed by atoms with Crippen molar-refractivity contribution in [3.05, 3.63) is 58.6 Å². The van der Waals surface area contributed by atoms with Gasteiger partial charge in [0.25, 0.3) is 0 Å². The zero-order chi connectivity index (χ0) is 14.8. The summed E-state index contributed by atoms with van der Waals surface area (Å²) in [6, 6.07) is 10.0. The van der Waals surface area contributed by atoms with Gasteiger partial charge in [0.2, 0.25) is 0 Å². The predicted molar refractivity (Wildman–Crippen MR) is 74.6 cm³/mol. The maximum atomic E-state index is 12.6. The van der Waals surface area contributed by atoms with Gasteiger partial charge < -0.3 is 11.1 Å². The fraction of sp³-hybridized carbons (Fsp3) is 0.143. The monoisotopic (exact) mass is 300 g/mol. The molecule has 106 valence electrons. The second-order valence-corrected chi connectivity index (χ2v) is 4.72. The highest BCUT2D eigenvalue weighted by Gasteiger charge is 2.30. The Morgan fingerprint density at radius 1 is 1.10 bits per heavy atom. The van der Waals surface area contributed by atoms with Crippen LogP contribution in [0.2, 0.25) is 5.02 Å². The van der Waals surface area contributed by atoms with Crippen molar-refractivity contribution in [2.45, 2.75) is 12.7 Å². The number of halogens is 4. The van der Waals surface area contributed by atoms with Crippen LogP contribution in [0.4, 0.5) is 24.5 Å². The number of benzene rings is 2. The first-order chi connectivity index (χ1) is 9.36.